The molecule has 0 radical (unpaired) electrons. The van der Waals surface area contributed by atoms with Crippen molar-refractivity contribution in [3.63, 3.8) is 0 Å². The Morgan fingerprint density at radius 1 is 1.75 bits per heavy atom. The lowest BCUT2D eigenvalue weighted by atomic mass is 10.7. The number of rotatable bonds is 1. The molecule has 1 rings (SSSR count). The second-order valence-electron chi connectivity index (χ2n) is 1.39. The molecule has 0 unspecified atom stereocenters. The minimum Gasteiger partial charge on any atom is -0.294 e. The molecule has 0 aliphatic rings. The van der Waals surface area contributed by atoms with Crippen LogP contribution in [0.15, 0.2) is 0 Å². The molecule has 0 aliphatic heterocycles. The number of aromatic amines is 1. The number of hydrogen-bond acceptors (Lipinski definition) is 3. The lowest BCUT2D eigenvalue weighted by Gasteiger charge is -1.67. The lowest BCUT2D eigenvalue weighted by molar-refractivity contribution is 0.111. The van der Waals surface area contributed by atoms with Crippen LogP contribution in [0.25, 0.3) is 0 Å². The van der Waals surface area contributed by atoms with Crippen molar-refractivity contribution < 1.29 is 4.79 Å². The number of hydrogen-bond donors (Lipinski definition) is 1. The smallest absolute Gasteiger partial charge is 0.188 e. The molecule has 0 saturated carbocycles. The average molecular weight is 111 g/mol. The van der Waals surface area contributed by atoms with Crippen molar-refractivity contribution in [2.75, 3.05) is 0 Å². The molecule has 0 saturated heterocycles. The quantitative estimate of drug-likeness (QED) is 0.516. The molecule has 4 heteroatoms. The van der Waals surface area contributed by atoms with E-state index in [-0.39, 0.29) is 5.82 Å². The first-order valence-corrected chi connectivity index (χ1v) is 2.17. The van der Waals surface area contributed by atoms with Crippen molar-refractivity contribution in [2.45, 2.75) is 6.92 Å². The second kappa shape index (κ2) is 1.73. The first-order valence-electron chi connectivity index (χ1n) is 2.17. The van der Waals surface area contributed by atoms with Crippen LogP contribution in [0.3, 0.4) is 0 Å². The van der Waals surface area contributed by atoms with Gasteiger partial charge in [0.05, 0.1) is 0 Å². The van der Waals surface area contributed by atoms with Gasteiger partial charge < -0.3 is 0 Å². The summed E-state index contributed by atoms with van der Waals surface area (Å²) in [5.41, 5.74) is 0. The number of aryl methyl sites for hydroxylation is 1. The zero-order chi connectivity index (χ0) is 5.98. The van der Waals surface area contributed by atoms with E-state index in [9.17, 15) is 4.79 Å². The van der Waals surface area contributed by atoms with Crippen molar-refractivity contribution in [1.82, 2.24) is 15.2 Å². The summed E-state index contributed by atoms with van der Waals surface area (Å²) in [5.74, 6) is 0.870. The van der Waals surface area contributed by atoms with E-state index in [0.717, 1.165) is 0 Å². The number of H-pyrrole nitrogens is 1. The Kier molecular flexibility index (Phi) is 1.07. The van der Waals surface area contributed by atoms with Gasteiger partial charge in [0.15, 0.2) is 12.1 Å². The molecule has 0 atom stereocenters. The Morgan fingerprint density at radius 3 is 2.75 bits per heavy atom. The van der Waals surface area contributed by atoms with E-state index in [0.29, 0.717) is 12.1 Å². The maximum absolute atomic E-state index is 9.89. The van der Waals surface area contributed by atoms with Gasteiger partial charge in [-0.15, -0.1) is 0 Å². The minimum atomic E-state index is 0.280. The van der Waals surface area contributed by atoms with E-state index in [1.165, 1.54) is 0 Å². The molecule has 0 spiro atoms. The first-order chi connectivity index (χ1) is 3.83. The van der Waals surface area contributed by atoms with Crippen LogP contribution < -0.4 is 0 Å². The van der Waals surface area contributed by atoms with Crippen LogP contribution in [-0.4, -0.2) is 21.5 Å². The van der Waals surface area contributed by atoms with Gasteiger partial charge >= 0.3 is 0 Å². The van der Waals surface area contributed by atoms with Crippen LogP contribution in [0.2, 0.25) is 0 Å². The van der Waals surface area contributed by atoms with E-state index in [4.69, 9.17) is 0 Å². The lowest BCUT2D eigenvalue weighted by Crippen LogP contribution is -1.79. The predicted octanol–water partition coefficient (Wildman–Crippen LogP) is -0.0744. The summed E-state index contributed by atoms with van der Waals surface area (Å²) in [5, 5.41) is 6.05. The van der Waals surface area contributed by atoms with Gasteiger partial charge in [-0.2, -0.15) is 5.10 Å². The second-order valence-corrected chi connectivity index (χ2v) is 1.39. The summed E-state index contributed by atoms with van der Waals surface area (Å²) in [4.78, 5) is 13.6. The fourth-order valence-electron chi connectivity index (χ4n) is 0.415. The van der Waals surface area contributed by atoms with E-state index in [1.807, 2.05) is 0 Å². The van der Waals surface area contributed by atoms with Gasteiger partial charge in [0.2, 0.25) is 0 Å². The number of carbonyl (C=O) groups is 1. The molecule has 0 fully saturated rings. The third kappa shape index (κ3) is 0.726. The Balaban J connectivity index is 3.00. The summed E-state index contributed by atoms with van der Waals surface area (Å²) in [6.07, 6.45) is 0.625. The van der Waals surface area contributed by atoms with E-state index in [2.05, 4.69) is 15.2 Å². The summed E-state index contributed by atoms with van der Waals surface area (Å²) >= 11 is 0. The van der Waals surface area contributed by atoms with Gasteiger partial charge in [-0.1, -0.05) is 0 Å². The van der Waals surface area contributed by atoms with Crippen molar-refractivity contribution in [3.8, 4) is 0 Å². The van der Waals surface area contributed by atoms with Crippen LogP contribution in [0.1, 0.15) is 16.4 Å². The van der Waals surface area contributed by atoms with Gasteiger partial charge in [-0.3, -0.25) is 9.89 Å². The molecule has 42 valence electrons. The van der Waals surface area contributed by atoms with E-state index < -0.39 is 0 Å². The van der Waals surface area contributed by atoms with Crippen molar-refractivity contribution in [1.29, 1.82) is 0 Å². The molecule has 1 heterocycles. The topological polar surface area (TPSA) is 58.6 Å². The van der Waals surface area contributed by atoms with Crippen LogP contribution in [0.4, 0.5) is 0 Å². The highest BCUT2D eigenvalue weighted by Gasteiger charge is 1.92. The van der Waals surface area contributed by atoms with Crippen LogP contribution >= 0.6 is 0 Å². The Hall–Kier alpha value is -1.19. The molecule has 0 aromatic carbocycles. The number of aromatic nitrogens is 3. The predicted molar refractivity (Wildman–Crippen MR) is 26.5 cm³/mol. The third-order valence-electron chi connectivity index (χ3n) is 0.726. The fraction of sp³-hybridized carbons (Fsp3) is 0.250. The Morgan fingerprint density at radius 2 is 2.50 bits per heavy atom. The molecule has 4 nitrogen and oxygen atoms in total. The maximum atomic E-state index is 9.89. The number of nitrogens with one attached hydrogen (secondary N) is 1. The molecule has 8 heavy (non-hydrogen) atoms. The molecular weight excluding hydrogens is 106 g/mol. The highest BCUT2D eigenvalue weighted by atomic mass is 16.1. The van der Waals surface area contributed by atoms with Gasteiger partial charge in [0, 0.05) is 0 Å². The summed E-state index contributed by atoms with van der Waals surface area (Å²) < 4.78 is 0. The number of aldehydes is 1. The van der Waals surface area contributed by atoms with E-state index in [1.54, 1.807) is 6.92 Å². The van der Waals surface area contributed by atoms with Gasteiger partial charge in [0.1, 0.15) is 5.82 Å². The number of carbonyl (C=O) groups excluding carboxylic acids is 1. The fourth-order valence-corrected chi connectivity index (χ4v) is 0.415. The first kappa shape index (κ1) is 4.96. The van der Waals surface area contributed by atoms with Crippen molar-refractivity contribution in [3.05, 3.63) is 11.6 Å². The third-order valence-corrected chi connectivity index (χ3v) is 0.726. The van der Waals surface area contributed by atoms with Crippen LogP contribution in [0.5, 0.6) is 0 Å². The van der Waals surface area contributed by atoms with Gasteiger partial charge in [-0.05, 0) is 6.92 Å². The molecular formula is C4H5N3O. The molecule has 0 amide bonds. The molecule has 1 aromatic rings. The Labute approximate surface area is 45.9 Å². The standard InChI is InChI=1S/C4H5N3O/c1-3-5-4(2-8)7-6-3/h2H,1H3,(H,5,6,7). The monoisotopic (exact) mass is 111 g/mol. The highest BCUT2D eigenvalue weighted by molar-refractivity contribution is 5.68. The number of nitrogens with zero attached hydrogens (tertiary/aromatic N) is 2. The maximum Gasteiger partial charge on any atom is 0.188 e. The SMILES string of the molecule is Cc1n[nH]c(C=O)n1. The molecule has 1 aromatic heterocycles. The average Bonchev–Trinajstić information content (AvgIpc) is 2.14. The van der Waals surface area contributed by atoms with Gasteiger partial charge in [-0.25, -0.2) is 4.98 Å². The van der Waals surface area contributed by atoms with Crippen LogP contribution in [-0.2, 0) is 0 Å². The zero-order valence-corrected chi connectivity index (χ0v) is 4.38. The highest BCUT2D eigenvalue weighted by Crippen LogP contribution is 1.83. The van der Waals surface area contributed by atoms with Crippen molar-refractivity contribution in [2.24, 2.45) is 0 Å². The molecule has 0 aliphatic carbocycles. The Bertz CT molecular complexity index is 193. The summed E-state index contributed by atoms with van der Waals surface area (Å²) in [6, 6.07) is 0. The summed E-state index contributed by atoms with van der Waals surface area (Å²) in [6.45, 7) is 1.71. The zero-order valence-electron chi connectivity index (χ0n) is 4.38. The summed E-state index contributed by atoms with van der Waals surface area (Å²) in [7, 11) is 0. The van der Waals surface area contributed by atoms with Crippen molar-refractivity contribution >= 4 is 6.29 Å². The van der Waals surface area contributed by atoms with E-state index >= 15 is 0 Å². The molecule has 0 bridgehead atoms. The molecule has 1 N–H and O–H groups in total. The normalized spacial score (nSPS) is 9.12. The van der Waals surface area contributed by atoms with Crippen LogP contribution in [0, 0.1) is 6.92 Å². The minimum absolute atomic E-state index is 0.280. The van der Waals surface area contributed by atoms with Gasteiger partial charge in [0.25, 0.3) is 0 Å². The largest absolute Gasteiger partial charge is 0.294 e.